The van der Waals surface area contributed by atoms with Crippen molar-refractivity contribution in [3.8, 4) is 29.7 Å². The molecule has 1 unspecified atom stereocenters. The lowest BCUT2D eigenvalue weighted by atomic mass is 9.87. The van der Waals surface area contributed by atoms with Gasteiger partial charge >= 0.3 is 18.0 Å². The van der Waals surface area contributed by atoms with Crippen LogP contribution in [0.25, 0.3) is 16.0 Å². The fourth-order valence-electron chi connectivity index (χ4n) is 5.59. The fourth-order valence-corrected chi connectivity index (χ4v) is 6.12. The number of imide groups is 2. The zero-order valence-electron chi connectivity index (χ0n) is 26.1. The van der Waals surface area contributed by atoms with E-state index in [0.29, 0.717) is 10.1 Å². The van der Waals surface area contributed by atoms with Crippen molar-refractivity contribution < 1.29 is 43.2 Å². The Morgan fingerprint density at radius 3 is 1.94 bits per heavy atom. The Morgan fingerprint density at radius 1 is 0.788 bits per heavy atom. The van der Waals surface area contributed by atoms with E-state index >= 15 is 0 Å². The predicted molar refractivity (Wildman–Crippen MR) is 173 cm³/mol. The maximum atomic E-state index is 13.8. The van der Waals surface area contributed by atoms with Crippen molar-refractivity contribution in [3.63, 3.8) is 0 Å². The highest BCUT2D eigenvalue weighted by atomic mass is 35.5. The normalized spacial score (nSPS) is 15.0. The lowest BCUT2D eigenvalue weighted by molar-refractivity contribution is -0.173. The van der Waals surface area contributed by atoms with Crippen LogP contribution in [0.4, 0.5) is 0 Å². The largest absolute Gasteiger partial charge is 0.456 e. The molecule has 0 spiro atoms. The molecule has 17 heteroatoms. The molecule has 0 saturated carbocycles. The van der Waals surface area contributed by atoms with E-state index in [2.05, 4.69) is 4.85 Å². The Morgan fingerprint density at radius 2 is 1.38 bits per heavy atom. The summed E-state index contributed by atoms with van der Waals surface area (Å²) in [5.41, 5.74) is -0.903. The molecule has 6 rings (SSSR count). The van der Waals surface area contributed by atoms with Gasteiger partial charge in [-0.3, -0.25) is 24.0 Å². The van der Waals surface area contributed by atoms with Crippen LogP contribution in [0, 0.1) is 40.6 Å². The van der Waals surface area contributed by atoms with Gasteiger partial charge in [-0.05, 0) is 48.0 Å². The number of halogens is 2. The van der Waals surface area contributed by atoms with Gasteiger partial charge < -0.3 is 14.4 Å². The van der Waals surface area contributed by atoms with Gasteiger partial charge in [-0.15, -0.1) is 10.1 Å². The maximum absolute atomic E-state index is 13.8. The highest BCUT2D eigenvalue weighted by Crippen LogP contribution is 2.42. The highest BCUT2D eigenvalue weighted by molar-refractivity contribution is 6.32. The standard InChI is InChI=1S/C35H16Cl2N6O9/c1-41-26(15-40)21-12-28-23(10-25(21)37)33(22-9-24(36)19(11-27(22)50-28)17(13-38)14-39)20-8-16(34(48)51-42-29(44)4-5-30(42)45)2-3-18(20)35(49)52-43-31(46)6-7-32(43)47/h2-3,8-12,26H,4-7H2. The molecular formula is C35H16Cl2N6O9. The first-order chi connectivity index (χ1) is 24.9. The number of carbonyl (C=O) groups excluding carboxylic acids is 6. The molecule has 254 valence electrons. The van der Waals surface area contributed by atoms with E-state index < -0.39 is 41.6 Å². The molecule has 0 aliphatic carbocycles. The van der Waals surface area contributed by atoms with E-state index in [0.717, 1.165) is 18.2 Å². The maximum Gasteiger partial charge on any atom is 0.364 e. The second-order valence-electron chi connectivity index (χ2n) is 11.1. The molecule has 1 atom stereocenters. The van der Waals surface area contributed by atoms with Gasteiger partial charge in [0.05, 0.1) is 26.7 Å². The van der Waals surface area contributed by atoms with Crippen LogP contribution in [-0.2, 0) is 28.9 Å². The molecule has 0 bridgehead atoms. The van der Waals surface area contributed by atoms with Gasteiger partial charge in [0.15, 0.2) is 6.07 Å². The number of hydrogen-bond donors (Lipinski definition) is 0. The van der Waals surface area contributed by atoms with Gasteiger partial charge in [-0.1, -0.05) is 23.2 Å². The number of nitrogens with zero attached hydrogens (tertiary/aromatic N) is 6. The minimum absolute atomic E-state index is 0.0265. The second-order valence-corrected chi connectivity index (χ2v) is 11.9. The summed E-state index contributed by atoms with van der Waals surface area (Å²) in [7, 11) is 0. The van der Waals surface area contributed by atoms with E-state index in [9.17, 15) is 44.6 Å². The summed E-state index contributed by atoms with van der Waals surface area (Å²) in [5.74, 6) is -5.53. The van der Waals surface area contributed by atoms with Crippen LogP contribution in [0.1, 0.15) is 69.1 Å². The molecule has 3 heterocycles. The van der Waals surface area contributed by atoms with Gasteiger partial charge in [0, 0.05) is 47.3 Å². The summed E-state index contributed by atoms with van der Waals surface area (Å²) in [6.45, 7) is 7.46. The van der Waals surface area contributed by atoms with Crippen LogP contribution in [0.3, 0.4) is 0 Å². The van der Waals surface area contributed by atoms with E-state index in [-0.39, 0.29) is 96.6 Å². The lowest BCUT2D eigenvalue weighted by Crippen LogP contribution is -2.33. The van der Waals surface area contributed by atoms with Crippen LogP contribution in [0.15, 0.2) is 42.5 Å². The molecule has 4 amide bonds. The van der Waals surface area contributed by atoms with E-state index in [4.69, 9.17) is 44.2 Å². The molecule has 3 aliphatic heterocycles. The summed E-state index contributed by atoms with van der Waals surface area (Å²) in [6.07, 6.45) is -0.755. The van der Waals surface area contributed by atoms with Crippen molar-refractivity contribution in [3.05, 3.63) is 102 Å². The summed E-state index contributed by atoms with van der Waals surface area (Å²) < 4.78 is 6.16. The Balaban J connectivity index is 1.66. The molecule has 52 heavy (non-hydrogen) atoms. The molecule has 2 saturated heterocycles. The topological polar surface area (TPSA) is 212 Å². The van der Waals surface area contributed by atoms with Crippen LogP contribution in [-0.4, -0.2) is 45.7 Å². The number of carbonyl (C=O) groups is 6. The number of benzene rings is 3. The monoisotopic (exact) mass is 734 g/mol. The minimum atomic E-state index is -1.36. The number of fused-ring (bicyclic) bond motifs is 2. The van der Waals surface area contributed by atoms with Crippen LogP contribution < -0.4 is 15.2 Å². The molecule has 0 radical (unpaired) electrons. The van der Waals surface area contributed by atoms with Crippen molar-refractivity contribution in [2.45, 2.75) is 31.7 Å². The van der Waals surface area contributed by atoms with E-state index in [1.165, 1.54) is 24.3 Å². The van der Waals surface area contributed by atoms with Crippen LogP contribution >= 0.6 is 23.2 Å². The number of amides is 4. The predicted octanol–water partition coefficient (Wildman–Crippen LogP) is 3.47. The van der Waals surface area contributed by atoms with E-state index in [1.807, 2.05) is 6.07 Å². The Kier molecular flexibility index (Phi) is 9.17. The summed E-state index contributed by atoms with van der Waals surface area (Å²) in [6, 6.07) is 12.6. The third-order valence-corrected chi connectivity index (χ3v) is 8.71. The summed E-state index contributed by atoms with van der Waals surface area (Å²) in [5, 5.41) is 29.3. The molecule has 15 nitrogen and oxygen atoms in total. The van der Waals surface area contributed by atoms with Gasteiger partial charge in [0.2, 0.25) is 0 Å². The van der Waals surface area contributed by atoms with Gasteiger partial charge in [0.25, 0.3) is 23.6 Å². The third kappa shape index (κ3) is 6.03. The lowest BCUT2D eigenvalue weighted by Gasteiger charge is -2.24. The molecule has 3 aromatic carbocycles. The number of hydroxylamine groups is 4. The molecule has 3 aromatic rings. The molecule has 3 aliphatic rings. The average molecular weight is 735 g/mol. The SMILES string of the molecule is [C-]#[N+]C(C#N)c1cc2c(cc1Cl)C(c1cc(C(=O)ON3C(=O)CCC3=O)ccc1C(=O)ON1C(=O)CCC1=O)=c1cc(Cl)c(=C(C#N)C#N)cc1O2. The van der Waals surface area contributed by atoms with Crippen LogP contribution in [0.2, 0.25) is 10.0 Å². The van der Waals surface area contributed by atoms with Crippen molar-refractivity contribution in [1.29, 1.82) is 15.8 Å². The number of hydrogen-bond acceptors (Lipinski definition) is 12. The Hall–Kier alpha value is -7.04. The van der Waals surface area contributed by atoms with Crippen molar-refractivity contribution in [1.82, 2.24) is 10.1 Å². The zero-order valence-corrected chi connectivity index (χ0v) is 27.6. The Bertz CT molecular complexity index is 2460. The molecular weight excluding hydrogens is 719 g/mol. The van der Waals surface area contributed by atoms with Gasteiger partial charge in [-0.2, -0.15) is 15.8 Å². The smallest absolute Gasteiger partial charge is 0.364 e. The zero-order chi connectivity index (χ0) is 37.4. The molecule has 0 N–H and O–H groups in total. The highest BCUT2D eigenvalue weighted by Gasteiger charge is 2.37. The average Bonchev–Trinajstić information content (AvgIpc) is 3.62. The second kappa shape index (κ2) is 13.7. The molecule has 0 aromatic heterocycles. The summed E-state index contributed by atoms with van der Waals surface area (Å²) in [4.78, 5) is 89.8. The van der Waals surface area contributed by atoms with Gasteiger partial charge in [-0.25, -0.2) is 16.2 Å². The fraction of sp³-hybridized carbons (Fsp3) is 0.143. The minimum Gasteiger partial charge on any atom is -0.456 e. The summed E-state index contributed by atoms with van der Waals surface area (Å²) >= 11 is 13.2. The third-order valence-electron chi connectivity index (χ3n) is 8.07. The first-order valence-electron chi connectivity index (χ1n) is 14.9. The van der Waals surface area contributed by atoms with Crippen molar-refractivity contribution in [2.75, 3.05) is 0 Å². The first kappa shape index (κ1) is 34.8. The quantitative estimate of drug-likeness (QED) is 0.206. The van der Waals surface area contributed by atoms with E-state index in [1.54, 1.807) is 12.1 Å². The van der Waals surface area contributed by atoms with Crippen molar-refractivity contribution >= 4 is 69.9 Å². The Labute approximate surface area is 301 Å². The number of nitriles is 3. The number of ether oxygens (including phenoxy) is 1. The number of rotatable bonds is 6. The van der Waals surface area contributed by atoms with Gasteiger partial charge in [0.1, 0.15) is 29.2 Å². The van der Waals surface area contributed by atoms with Crippen LogP contribution in [0.5, 0.6) is 11.5 Å². The van der Waals surface area contributed by atoms with Crippen molar-refractivity contribution in [2.24, 2.45) is 0 Å². The molecule has 2 fully saturated rings. The first-order valence-corrected chi connectivity index (χ1v) is 15.6.